The Bertz CT molecular complexity index is 808. The highest BCUT2D eigenvalue weighted by Crippen LogP contribution is 2.32. The molecule has 21 heavy (non-hydrogen) atoms. The molecule has 0 aliphatic heterocycles. The number of nitrogens with zero attached hydrogens (tertiary/aromatic N) is 1. The van der Waals surface area contributed by atoms with Gasteiger partial charge in [0.2, 0.25) is 5.91 Å². The second kappa shape index (κ2) is 6.05. The molecule has 1 amide bonds. The summed E-state index contributed by atoms with van der Waals surface area (Å²) in [6.45, 7) is 0.0472. The normalized spacial score (nSPS) is 11.5. The number of hydrogen-bond acceptors (Lipinski definition) is 5. The van der Waals surface area contributed by atoms with Crippen molar-refractivity contribution < 1.29 is 17.9 Å². The summed E-state index contributed by atoms with van der Waals surface area (Å²) < 4.78 is 28.5. The van der Waals surface area contributed by atoms with E-state index < -0.39 is 15.0 Å². The summed E-state index contributed by atoms with van der Waals surface area (Å²) in [6.07, 6.45) is 0.0254. The fourth-order valence-electron chi connectivity index (χ4n) is 1.73. The molecule has 0 aliphatic carbocycles. The number of pyridine rings is 1. The number of halogens is 2. The molecule has 0 unspecified atom stereocenters. The van der Waals surface area contributed by atoms with E-state index in [1.807, 2.05) is 0 Å². The van der Waals surface area contributed by atoms with Crippen LogP contribution in [0.2, 0.25) is 5.15 Å². The van der Waals surface area contributed by atoms with E-state index in [0.29, 0.717) is 0 Å². The summed E-state index contributed by atoms with van der Waals surface area (Å²) in [5.41, 5.74) is 5.27. The molecule has 2 N–H and O–H groups in total. The molecule has 0 bridgehead atoms. The fraction of sp³-hybridized carbons (Fsp3) is 0.167. The van der Waals surface area contributed by atoms with Crippen LogP contribution in [0.1, 0.15) is 6.42 Å². The van der Waals surface area contributed by atoms with Crippen molar-refractivity contribution in [2.45, 2.75) is 11.3 Å². The summed E-state index contributed by atoms with van der Waals surface area (Å²) in [4.78, 5) is 14.7. The standard InChI is InChI=1S/C12H10Cl2N2O4S/c13-10-4-1-7-9(21(14,18)19)3-2-8(12(7)16-10)20-6-5-11(15)17/h1-4H,5-6H2,(H2,15,17). The lowest BCUT2D eigenvalue weighted by Crippen LogP contribution is -2.14. The van der Waals surface area contributed by atoms with Crippen LogP contribution >= 0.6 is 22.3 Å². The number of ether oxygens (including phenoxy) is 1. The van der Waals surface area contributed by atoms with Gasteiger partial charge in [-0.25, -0.2) is 13.4 Å². The molecule has 9 heteroatoms. The summed E-state index contributed by atoms with van der Waals surface area (Å²) >= 11 is 5.82. The van der Waals surface area contributed by atoms with Crippen LogP contribution in [-0.4, -0.2) is 25.9 Å². The number of carbonyl (C=O) groups is 1. The van der Waals surface area contributed by atoms with E-state index >= 15 is 0 Å². The smallest absolute Gasteiger partial charge is 0.261 e. The summed E-state index contributed by atoms with van der Waals surface area (Å²) in [6, 6.07) is 5.64. The topological polar surface area (TPSA) is 99.4 Å². The van der Waals surface area contributed by atoms with Gasteiger partial charge in [-0.2, -0.15) is 0 Å². The zero-order chi connectivity index (χ0) is 15.6. The van der Waals surface area contributed by atoms with Gasteiger partial charge in [0.25, 0.3) is 9.05 Å². The largest absolute Gasteiger partial charge is 0.491 e. The molecule has 1 aromatic heterocycles. The highest BCUT2D eigenvalue weighted by Gasteiger charge is 2.18. The van der Waals surface area contributed by atoms with Crippen molar-refractivity contribution in [1.82, 2.24) is 4.98 Å². The van der Waals surface area contributed by atoms with E-state index in [4.69, 9.17) is 32.8 Å². The first-order valence-electron chi connectivity index (χ1n) is 5.74. The van der Waals surface area contributed by atoms with E-state index in [1.54, 1.807) is 0 Å². The minimum atomic E-state index is -3.93. The maximum absolute atomic E-state index is 11.5. The summed E-state index contributed by atoms with van der Waals surface area (Å²) in [5, 5.41) is 0.456. The average Bonchev–Trinajstić information content (AvgIpc) is 2.37. The van der Waals surface area contributed by atoms with Gasteiger partial charge in [0, 0.05) is 16.1 Å². The van der Waals surface area contributed by atoms with E-state index in [1.165, 1.54) is 24.3 Å². The molecule has 0 aliphatic rings. The molecule has 0 radical (unpaired) electrons. The highest BCUT2D eigenvalue weighted by atomic mass is 35.7. The third-order valence-electron chi connectivity index (χ3n) is 2.61. The lowest BCUT2D eigenvalue weighted by Gasteiger charge is -2.10. The third kappa shape index (κ3) is 3.75. The minimum Gasteiger partial charge on any atom is -0.491 e. The Morgan fingerprint density at radius 1 is 1.29 bits per heavy atom. The molecular formula is C12H10Cl2N2O4S. The Morgan fingerprint density at radius 2 is 2.00 bits per heavy atom. The van der Waals surface area contributed by atoms with Crippen molar-refractivity contribution in [2.75, 3.05) is 6.61 Å². The number of fused-ring (bicyclic) bond motifs is 1. The monoisotopic (exact) mass is 348 g/mol. The lowest BCUT2D eigenvalue weighted by molar-refractivity contribution is -0.118. The van der Waals surface area contributed by atoms with Crippen LogP contribution in [-0.2, 0) is 13.8 Å². The molecule has 112 valence electrons. The molecule has 1 aromatic carbocycles. The summed E-state index contributed by atoms with van der Waals surface area (Å²) in [5.74, 6) is -0.219. The van der Waals surface area contributed by atoms with Gasteiger partial charge in [-0.1, -0.05) is 11.6 Å². The van der Waals surface area contributed by atoms with Gasteiger partial charge in [0.05, 0.1) is 17.9 Å². The van der Waals surface area contributed by atoms with Gasteiger partial charge in [-0.05, 0) is 24.3 Å². The van der Waals surface area contributed by atoms with Gasteiger partial charge in [-0.15, -0.1) is 0 Å². The first kappa shape index (κ1) is 15.8. The highest BCUT2D eigenvalue weighted by molar-refractivity contribution is 8.14. The van der Waals surface area contributed by atoms with Gasteiger partial charge in [-0.3, -0.25) is 4.79 Å². The number of amides is 1. The molecule has 2 rings (SSSR count). The quantitative estimate of drug-likeness (QED) is 0.658. The van der Waals surface area contributed by atoms with Crippen LogP contribution in [0.15, 0.2) is 29.2 Å². The second-order valence-corrected chi connectivity index (χ2v) is 7.02. The van der Waals surface area contributed by atoms with Crippen molar-refractivity contribution in [2.24, 2.45) is 5.73 Å². The second-order valence-electron chi connectivity index (χ2n) is 4.09. The first-order chi connectivity index (χ1) is 9.79. The number of benzene rings is 1. The third-order valence-corrected chi connectivity index (χ3v) is 4.21. The van der Waals surface area contributed by atoms with Crippen molar-refractivity contribution in [1.29, 1.82) is 0 Å². The van der Waals surface area contributed by atoms with Gasteiger partial charge in [0.15, 0.2) is 0 Å². The van der Waals surface area contributed by atoms with Crippen LogP contribution in [0.25, 0.3) is 10.9 Å². The molecule has 0 spiro atoms. The average molecular weight is 349 g/mol. The predicted molar refractivity (Wildman–Crippen MR) is 79.1 cm³/mol. The number of hydrogen-bond donors (Lipinski definition) is 1. The van der Waals surface area contributed by atoms with Crippen LogP contribution in [0.5, 0.6) is 5.75 Å². The molecular weight excluding hydrogens is 339 g/mol. The summed E-state index contributed by atoms with van der Waals surface area (Å²) in [7, 11) is 1.45. The van der Waals surface area contributed by atoms with Crippen LogP contribution < -0.4 is 10.5 Å². The first-order valence-corrected chi connectivity index (χ1v) is 8.43. The Labute approximate surface area is 130 Å². The van der Waals surface area contributed by atoms with E-state index in [2.05, 4.69) is 4.98 Å². The maximum atomic E-state index is 11.5. The van der Waals surface area contributed by atoms with Crippen LogP contribution in [0, 0.1) is 0 Å². The van der Waals surface area contributed by atoms with Gasteiger partial charge < -0.3 is 10.5 Å². The number of carbonyl (C=O) groups excluding carboxylic acids is 1. The Kier molecular flexibility index (Phi) is 4.55. The SMILES string of the molecule is NC(=O)CCOc1ccc(S(=O)(=O)Cl)c2ccc(Cl)nc12. The molecule has 2 aromatic rings. The molecule has 0 saturated heterocycles. The van der Waals surface area contributed by atoms with E-state index in [0.717, 1.165) is 0 Å². The zero-order valence-corrected chi connectivity index (χ0v) is 12.9. The van der Waals surface area contributed by atoms with Crippen LogP contribution in [0.4, 0.5) is 0 Å². The molecule has 0 fully saturated rings. The number of rotatable bonds is 5. The zero-order valence-electron chi connectivity index (χ0n) is 10.5. The molecule has 0 atom stereocenters. The molecule has 6 nitrogen and oxygen atoms in total. The maximum Gasteiger partial charge on any atom is 0.261 e. The van der Waals surface area contributed by atoms with E-state index in [-0.39, 0.29) is 39.7 Å². The van der Waals surface area contributed by atoms with Crippen LogP contribution in [0.3, 0.4) is 0 Å². The number of aromatic nitrogens is 1. The van der Waals surface area contributed by atoms with Crippen molar-refractivity contribution in [3.63, 3.8) is 0 Å². The van der Waals surface area contributed by atoms with E-state index in [9.17, 15) is 13.2 Å². The number of primary amides is 1. The predicted octanol–water partition coefficient (Wildman–Crippen LogP) is 2.07. The Morgan fingerprint density at radius 3 is 2.62 bits per heavy atom. The fourth-order valence-corrected chi connectivity index (χ4v) is 2.94. The molecule has 0 saturated carbocycles. The Balaban J connectivity index is 2.53. The lowest BCUT2D eigenvalue weighted by atomic mass is 10.2. The minimum absolute atomic E-state index is 0.0254. The van der Waals surface area contributed by atoms with Crippen molar-refractivity contribution in [3.05, 3.63) is 29.4 Å². The van der Waals surface area contributed by atoms with Crippen molar-refractivity contribution in [3.8, 4) is 5.75 Å². The Hall–Kier alpha value is -1.57. The number of nitrogens with two attached hydrogens (primary N) is 1. The van der Waals surface area contributed by atoms with Crippen molar-refractivity contribution >= 4 is 48.1 Å². The van der Waals surface area contributed by atoms with Gasteiger partial charge >= 0.3 is 0 Å². The molecule has 1 heterocycles. The van der Waals surface area contributed by atoms with Gasteiger partial charge in [0.1, 0.15) is 16.4 Å².